The van der Waals surface area contributed by atoms with Crippen LogP contribution in [0.2, 0.25) is 0 Å². The molecule has 0 amide bonds. The molecule has 1 fully saturated rings. The summed E-state index contributed by atoms with van der Waals surface area (Å²) >= 11 is 0. The Morgan fingerprint density at radius 2 is 1.48 bits per heavy atom. The maximum absolute atomic E-state index is 14.3. The molecule has 0 heterocycles. The summed E-state index contributed by atoms with van der Waals surface area (Å²) in [6, 6.07) is 3.00. The number of halogens is 2. The zero-order valence-electron chi connectivity index (χ0n) is 16.0. The van der Waals surface area contributed by atoms with E-state index in [0.29, 0.717) is 12.5 Å². The molecule has 0 atom stereocenters. The van der Waals surface area contributed by atoms with Gasteiger partial charge in [-0.05, 0) is 61.6 Å². The molecule has 1 aliphatic carbocycles. The second-order valence-electron chi connectivity index (χ2n) is 7.58. The third-order valence-electron chi connectivity index (χ3n) is 5.55. The summed E-state index contributed by atoms with van der Waals surface area (Å²) in [7, 11) is 0. The first-order valence-corrected chi connectivity index (χ1v) is 10.3. The first kappa shape index (κ1) is 20.2. The van der Waals surface area contributed by atoms with Crippen LogP contribution in [0.4, 0.5) is 8.78 Å². The fraction of sp³-hybridized carbons (Fsp3) is 0.727. The Bertz CT molecular complexity index is 484. The molecule has 0 radical (unpaired) electrons. The van der Waals surface area contributed by atoms with E-state index in [1.807, 2.05) is 0 Å². The van der Waals surface area contributed by atoms with E-state index in [9.17, 15) is 8.78 Å². The van der Waals surface area contributed by atoms with Crippen molar-refractivity contribution in [3.8, 4) is 5.75 Å². The number of hydrogen-bond acceptors (Lipinski definition) is 1. The Labute approximate surface area is 152 Å². The number of rotatable bonds is 10. The summed E-state index contributed by atoms with van der Waals surface area (Å²) in [5.41, 5.74) is 0.808. The summed E-state index contributed by atoms with van der Waals surface area (Å²) in [4.78, 5) is 0. The lowest BCUT2D eigenvalue weighted by atomic mass is 9.77. The summed E-state index contributed by atoms with van der Waals surface area (Å²) < 4.78 is 33.9. The Hall–Kier alpha value is -1.12. The highest BCUT2D eigenvalue weighted by Crippen LogP contribution is 2.39. The minimum atomic E-state index is -0.545. The first-order valence-electron chi connectivity index (χ1n) is 10.3. The zero-order valence-corrected chi connectivity index (χ0v) is 16.0. The van der Waals surface area contributed by atoms with Gasteiger partial charge in [-0.2, -0.15) is 0 Å². The van der Waals surface area contributed by atoms with Gasteiger partial charge in [-0.25, -0.2) is 8.78 Å². The van der Waals surface area contributed by atoms with Crippen molar-refractivity contribution in [2.24, 2.45) is 5.92 Å². The van der Waals surface area contributed by atoms with Crippen LogP contribution in [0.25, 0.3) is 0 Å². The van der Waals surface area contributed by atoms with Gasteiger partial charge in [-0.3, -0.25) is 0 Å². The van der Waals surface area contributed by atoms with E-state index in [1.54, 1.807) is 0 Å². The van der Waals surface area contributed by atoms with Gasteiger partial charge >= 0.3 is 0 Å². The minimum Gasteiger partial charge on any atom is -0.488 e. The van der Waals surface area contributed by atoms with Crippen LogP contribution < -0.4 is 4.74 Å². The highest BCUT2D eigenvalue weighted by atomic mass is 19.1. The molecule has 1 aromatic rings. The third kappa shape index (κ3) is 6.27. The predicted molar refractivity (Wildman–Crippen MR) is 100 cm³/mol. The number of ether oxygens (including phenoxy) is 1. The molecule has 0 aliphatic heterocycles. The van der Waals surface area contributed by atoms with Gasteiger partial charge in [-0.1, -0.05) is 52.4 Å². The molecule has 1 aromatic carbocycles. The van der Waals surface area contributed by atoms with E-state index < -0.39 is 11.6 Å². The normalized spacial score (nSPS) is 20.6. The molecule has 2 rings (SSSR count). The average Bonchev–Trinajstić information content (AvgIpc) is 2.61. The monoisotopic (exact) mass is 352 g/mol. The topological polar surface area (TPSA) is 9.23 Å². The van der Waals surface area contributed by atoms with Crippen molar-refractivity contribution >= 4 is 0 Å². The van der Waals surface area contributed by atoms with Crippen molar-refractivity contribution in [3.63, 3.8) is 0 Å². The summed E-state index contributed by atoms with van der Waals surface area (Å²) in [5, 5.41) is 0. The quantitative estimate of drug-likeness (QED) is 0.399. The molecule has 0 spiro atoms. The Morgan fingerprint density at radius 1 is 0.880 bits per heavy atom. The van der Waals surface area contributed by atoms with Crippen LogP contribution in [0.3, 0.4) is 0 Å². The molecule has 0 saturated heterocycles. The van der Waals surface area contributed by atoms with Crippen molar-refractivity contribution in [2.45, 2.75) is 90.4 Å². The Kier molecular flexibility index (Phi) is 8.71. The lowest BCUT2D eigenvalue weighted by molar-refractivity contribution is 0.274. The van der Waals surface area contributed by atoms with Crippen LogP contribution >= 0.6 is 0 Å². The molecular formula is C22H34F2O. The smallest absolute Gasteiger partial charge is 0.190 e. The second-order valence-corrected chi connectivity index (χ2v) is 7.58. The van der Waals surface area contributed by atoms with Crippen LogP contribution in [0.1, 0.15) is 96.0 Å². The van der Waals surface area contributed by atoms with Crippen LogP contribution in [-0.4, -0.2) is 6.61 Å². The lowest BCUT2D eigenvalue weighted by Gasteiger charge is -2.29. The van der Waals surface area contributed by atoms with E-state index in [4.69, 9.17) is 4.74 Å². The minimum absolute atomic E-state index is 0.201. The molecule has 1 nitrogen and oxygen atoms in total. The van der Waals surface area contributed by atoms with E-state index in [2.05, 4.69) is 13.8 Å². The number of benzene rings is 1. The Balaban J connectivity index is 1.88. The first-order chi connectivity index (χ1) is 12.2. The van der Waals surface area contributed by atoms with Gasteiger partial charge < -0.3 is 4.74 Å². The van der Waals surface area contributed by atoms with E-state index >= 15 is 0 Å². The number of unbranched alkanes of at least 4 members (excludes halogenated alkanes) is 4. The van der Waals surface area contributed by atoms with Crippen LogP contribution in [-0.2, 0) is 0 Å². The third-order valence-corrected chi connectivity index (χ3v) is 5.55. The van der Waals surface area contributed by atoms with E-state index in [-0.39, 0.29) is 5.75 Å². The number of hydrogen-bond donors (Lipinski definition) is 0. The van der Waals surface area contributed by atoms with Gasteiger partial charge in [0.2, 0.25) is 0 Å². The van der Waals surface area contributed by atoms with Gasteiger partial charge in [0.25, 0.3) is 0 Å². The van der Waals surface area contributed by atoms with Gasteiger partial charge in [-0.15, -0.1) is 0 Å². The van der Waals surface area contributed by atoms with Gasteiger partial charge in [0.05, 0.1) is 6.61 Å². The molecule has 1 aliphatic rings. The summed E-state index contributed by atoms with van der Waals surface area (Å²) in [5.74, 6) is -0.194. The Morgan fingerprint density at radius 3 is 2.08 bits per heavy atom. The second kappa shape index (κ2) is 10.8. The average molecular weight is 353 g/mol. The maximum atomic E-state index is 14.3. The van der Waals surface area contributed by atoms with Gasteiger partial charge in [0.15, 0.2) is 17.4 Å². The van der Waals surface area contributed by atoms with Crippen LogP contribution in [0, 0.1) is 17.6 Å². The molecule has 1 saturated carbocycles. The van der Waals surface area contributed by atoms with Crippen molar-refractivity contribution in [3.05, 3.63) is 29.3 Å². The molecule has 142 valence electrons. The van der Waals surface area contributed by atoms with E-state index in [0.717, 1.165) is 43.6 Å². The largest absolute Gasteiger partial charge is 0.488 e. The fourth-order valence-electron chi connectivity index (χ4n) is 3.95. The molecule has 3 heteroatoms. The van der Waals surface area contributed by atoms with Crippen molar-refractivity contribution < 1.29 is 13.5 Å². The SMILES string of the molecule is CCCCCOc1c(F)cc(C2CCC(CCCCC)CC2)cc1F. The maximum Gasteiger partial charge on any atom is 0.190 e. The molecule has 0 unspecified atom stereocenters. The van der Waals surface area contributed by atoms with Crippen LogP contribution in [0.5, 0.6) is 5.75 Å². The van der Waals surface area contributed by atoms with Crippen molar-refractivity contribution in [1.82, 2.24) is 0 Å². The van der Waals surface area contributed by atoms with Crippen molar-refractivity contribution in [1.29, 1.82) is 0 Å². The highest BCUT2D eigenvalue weighted by molar-refractivity contribution is 5.33. The standard InChI is InChI=1S/C22H34F2O/c1-3-5-7-9-17-10-12-18(13-11-17)19-15-20(23)22(21(24)16-19)25-14-8-6-4-2/h15-18H,3-14H2,1-2H3. The predicted octanol–water partition coefficient (Wildman–Crippen LogP) is 7.39. The summed E-state index contributed by atoms with van der Waals surface area (Å²) in [6.45, 7) is 4.70. The van der Waals surface area contributed by atoms with Crippen LogP contribution in [0.15, 0.2) is 12.1 Å². The van der Waals surface area contributed by atoms with Gasteiger partial charge in [0, 0.05) is 0 Å². The molecular weight excluding hydrogens is 318 g/mol. The van der Waals surface area contributed by atoms with Gasteiger partial charge in [0.1, 0.15) is 0 Å². The molecule has 25 heavy (non-hydrogen) atoms. The molecule has 0 aromatic heterocycles. The van der Waals surface area contributed by atoms with Crippen molar-refractivity contribution in [2.75, 3.05) is 6.61 Å². The van der Waals surface area contributed by atoms with E-state index in [1.165, 1.54) is 50.7 Å². The highest BCUT2D eigenvalue weighted by Gasteiger charge is 2.24. The lowest BCUT2D eigenvalue weighted by Crippen LogP contribution is -2.14. The fourth-order valence-corrected chi connectivity index (χ4v) is 3.95. The summed E-state index contributed by atoms with van der Waals surface area (Å²) in [6.07, 6.45) is 12.6. The zero-order chi connectivity index (χ0) is 18.1. The molecule has 0 bridgehead atoms. The molecule has 0 N–H and O–H groups in total.